The summed E-state index contributed by atoms with van der Waals surface area (Å²) in [4.78, 5) is 38.1. The number of rotatable bonds is 3. The molecule has 26 heavy (non-hydrogen) atoms. The Labute approximate surface area is 146 Å². The highest BCUT2D eigenvalue weighted by Crippen LogP contribution is 2.09. The van der Waals surface area contributed by atoms with Gasteiger partial charge < -0.3 is 10.3 Å². The van der Waals surface area contributed by atoms with Crippen LogP contribution in [0.1, 0.15) is 5.56 Å². The smallest absolute Gasteiger partial charge is 0.321 e. The highest BCUT2D eigenvalue weighted by molar-refractivity contribution is 6.39. The number of nitrogens with one attached hydrogen (secondary N) is 3. The summed E-state index contributed by atoms with van der Waals surface area (Å²) < 4.78 is 12.8. The fourth-order valence-electron chi connectivity index (χ4n) is 2.19. The van der Waals surface area contributed by atoms with Gasteiger partial charge in [-0.2, -0.15) is 5.10 Å². The summed E-state index contributed by atoms with van der Waals surface area (Å²) in [5.41, 5.74) is 2.82. The number of carbonyl (C=O) groups is 2. The van der Waals surface area contributed by atoms with E-state index in [9.17, 15) is 18.8 Å². The number of carbonyl (C=O) groups excluding carboxylic acids is 2. The van der Waals surface area contributed by atoms with Crippen LogP contribution in [0, 0.1) is 5.82 Å². The van der Waals surface area contributed by atoms with E-state index in [0.717, 1.165) is 23.7 Å². The lowest BCUT2D eigenvalue weighted by atomic mass is 10.2. The lowest BCUT2D eigenvalue weighted by Gasteiger charge is -2.03. The van der Waals surface area contributed by atoms with Crippen LogP contribution in [0.3, 0.4) is 0 Å². The van der Waals surface area contributed by atoms with Gasteiger partial charge in [0.25, 0.3) is 5.56 Å². The number of anilines is 1. The van der Waals surface area contributed by atoms with Crippen molar-refractivity contribution in [3.63, 3.8) is 0 Å². The number of halogens is 1. The quantitative estimate of drug-likeness (QED) is 0.380. The first-order valence-corrected chi connectivity index (χ1v) is 7.55. The molecule has 130 valence electrons. The minimum Gasteiger partial charge on any atom is -0.321 e. The van der Waals surface area contributed by atoms with Gasteiger partial charge in [-0.1, -0.05) is 18.2 Å². The topological polar surface area (TPSA) is 103 Å². The fourth-order valence-corrected chi connectivity index (χ4v) is 2.19. The zero-order valence-electron chi connectivity index (χ0n) is 13.3. The van der Waals surface area contributed by atoms with E-state index in [1.54, 1.807) is 18.2 Å². The zero-order chi connectivity index (χ0) is 18.5. The molecule has 3 N–H and O–H groups in total. The van der Waals surface area contributed by atoms with E-state index >= 15 is 0 Å². The van der Waals surface area contributed by atoms with E-state index in [1.807, 2.05) is 17.6 Å². The van der Waals surface area contributed by atoms with Gasteiger partial charge in [0.1, 0.15) is 5.82 Å². The summed E-state index contributed by atoms with van der Waals surface area (Å²) in [5.74, 6) is -2.46. The molecular weight excluding hydrogens is 339 g/mol. The second-order valence-corrected chi connectivity index (χ2v) is 5.30. The molecule has 0 fully saturated rings. The van der Waals surface area contributed by atoms with Crippen LogP contribution in [0.4, 0.5) is 10.1 Å². The molecule has 0 unspecified atom stereocenters. The molecule has 0 aliphatic rings. The molecule has 0 spiro atoms. The Morgan fingerprint density at radius 3 is 2.54 bits per heavy atom. The first-order valence-electron chi connectivity index (χ1n) is 7.55. The van der Waals surface area contributed by atoms with Crippen LogP contribution in [0.5, 0.6) is 0 Å². The van der Waals surface area contributed by atoms with Gasteiger partial charge in [-0.05, 0) is 41.8 Å². The largest absolute Gasteiger partial charge is 0.329 e. The van der Waals surface area contributed by atoms with Crippen molar-refractivity contribution >= 4 is 34.6 Å². The van der Waals surface area contributed by atoms with Gasteiger partial charge in [0.15, 0.2) is 0 Å². The Bertz CT molecular complexity index is 1060. The number of aromatic nitrogens is 1. The minimum absolute atomic E-state index is 0.225. The van der Waals surface area contributed by atoms with Gasteiger partial charge >= 0.3 is 11.8 Å². The van der Waals surface area contributed by atoms with Crippen molar-refractivity contribution in [2.75, 3.05) is 5.32 Å². The van der Waals surface area contributed by atoms with Gasteiger partial charge in [-0.25, -0.2) is 9.82 Å². The van der Waals surface area contributed by atoms with E-state index in [-0.39, 0.29) is 16.8 Å². The second-order valence-electron chi connectivity index (χ2n) is 5.30. The molecule has 3 rings (SSSR count). The first kappa shape index (κ1) is 17.0. The number of benzene rings is 2. The molecule has 0 bridgehead atoms. The van der Waals surface area contributed by atoms with Crippen molar-refractivity contribution < 1.29 is 14.0 Å². The molecule has 2 aromatic carbocycles. The van der Waals surface area contributed by atoms with Gasteiger partial charge in [-0.3, -0.25) is 14.4 Å². The van der Waals surface area contributed by atoms with Gasteiger partial charge in [-0.15, -0.1) is 0 Å². The second kappa shape index (κ2) is 7.39. The Balaban J connectivity index is 1.65. The van der Waals surface area contributed by atoms with E-state index < -0.39 is 17.6 Å². The third kappa shape index (κ3) is 3.99. The van der Waals surface area contributed by atoms with Crippen molar-refractivity contribution in [1.82, 2.24) is 10.4 Å². The third-order valence-corrected chi connectivity index (χ3v) is 3.46. The molecule has 8 heteroatoms. The number of pyridine rings is 1. The van der Waals surface area contributed by atoms with Crippen molar-refractivity contribution in [3.05, 3.63) is 76.3 Å². The lowest BCUT2D eigenvalue weighted by Crippen LogP contribution is -2.32. The summed E-state index contributed by atoms with van der Waals surface area (Å²) in [6.45, 7) is 0. The standard InChI is InChI=1S/C18H13FN4O3/c19-13-5-7-14(8-6-13)21-17(25)18(26)23-20-10-12-9-11-3-1-2-4-15(11)22-16(12)24/h1-10H,(H,21,25)(H,22,24)(H,23,26)/b20-10-. The number of para-hydroxylation sites is 1. The number of hydrazone groups is 1. The van der Waals surface area contributed by atoms with Gasteiger partial charge in [0.05, 0.1) is 11.8 Å². The zero-order valence-corrected chi connectivity index (χ0v) is 13.3. The highest BCUT2D eigenvalue weighted by atomic mass is 19.1. The highest BCUT2D eigenvalue weighted by Gasteiger charge is 2.12. The normalized spacial score (nSPS) is 10.8. The third-order valence-electron chi connectivity index (χ3n) is 3.46. The maximum atomic E-state index is 12.8. The van der Waals surface area contributed by atoms with Crippen molar-refractivity contribution in [2.45, 2.75) is 0 Å². The molecular formula is C18H13FN4O3. The number of hydrogen-bond acceptors (Lipinski definition) is 4. The van der Waals surface area contributed by atoms with E-state index in [1.165, 1.54) is 12.1 Å². The molecule has 3 aromatic rings. The minimum atomic E-state index is -1.03. The van der Waals surface area contributed by atoms with E-state index in [2.05, 4.69) is 15.4 Å². The first-order chi connectivity index (χ1) is 12.5. The van der Waals surface area contributed by atoms with Crippen LogP contribution in [-0.4, -0.2) is 23.0 Å². The molecule has 0 saturated carbocycles. The molecule has 0 atom stereocenters. The molecule has 1 heterocycles. The van der Waals surface area contributed by atoms with Crippen LogP contribution >= 0.6 is 0 Å². The number of aromatic amines is 1. The summed E-state index contributed by atoms with van der Waals surface area (Å²) >= 11 is 0. The Kier molecular flexibility index (Phi) is 4.84. The summed E-state index contributed by atoms with van der Waals surface area (Å²) in [5, 5.41) is 6.71. The molecule has 0 saturated heterocycles. The van der Waals surface area contributed by atoms with Crippen molar-refractivity contribution in [2.24, 2.45) is 5.10 Å². The Morgan fingerprint density at radius 1 is 1.04 bits per heavy atom. The number of amides is 2. The van der Waals surface area contributed by atoms with Gasteiger partial charge in [0.2, 0.25) is 0 Å². The van der Waals surface area contributed by atoms with Crippen molar-refractivity contribution in [3.8, 4) is 0 Å². The molecule has 7 nitrogen and oxygen atoms in total. The van der Waals surface area contributed by atoms with Crippen LogP contribution in [-0.2, 0) is 9.59 Å². The predicted molar refractivity (Wildman–Crippen MR) is 95.3 cm³/mol. The number of nitrogens with zero attached hydrogens (tertiary/aromatic N) is 1. The van der Waals surface area contributed by atoms with Crippen LogP contribution in [0.2, 0.25) is 0 Å². The Hall–Kier alpha value is -3.81. The number of fused-ring (bicyclic) bond motifs is 1. The maximum absolute atomic E-state index is 12.8. The Morgan fingerprint density at radius 2 is 1.77 bits per heavy atom. The summed E-state index contributed by atoms with van der Waals surface area (Å²) in [6.07, 6.45) is 1.15. The summed E-state index contributed by atoms with van der Waals surface area (Å²) in [7, 11) is 0. The SMILES string of the molecule is O=C(N/N=C\c1cc2ccccc2[nH]c1=O)C(=O)Nc1ccc(F)cc1. The maximum Gasteiger partial charge on any atom is 0.329 e. The summed E-state index contributed by atoms with van der Waals surface area (Å²) in [6, 6.07) is 13.8. The van der Waals surface area contributed by atoms with Crippen molar-refractivity contribution in [1.29, 1.82) is 0 Å². The monoisotopic (exact) mass is 352 g/mol. The molecule has 1 aromatic heterocycles. The lowest BCUT2D eigenvalue weighted by molar-refractivity contribution is -0.136. The van der Waals surface area contributed by atoms with Gasteiger partial charge in [0, 0.05) is 11.2 Å². The number of H-pyrrole nitrogens is 1. The van der Waals surface area contributed by atoms with E-state index in [4.69, 9.17) is 0 Å². The predicted octanol–water partition coefficient (Wildman–Crippen LogP) is 1.76. The average molecular weight is 352 g/mol. The molecule has 0 aliphatic heterocycles. The molecule has 0 radical (unpaired) electrons. The van der Waals surface area contributed by atoms with Crippen LogP contribution in [0.15, 0.2) is 64.5 Å². The number of hydrogen-bond donors (Lipinski definition) is 3. The van der Waals surface area contributed by atoms with Crippen LogP contribution in [0.25, 0.3) is 10.9 Å². The molecule has 2 amide bonds. The average Bonchev–Trinajstić information content (AvgIpc) is 2.63. The van der Waals surface area contributed by atoms with Crippen LogP contribution < -0.4 is 16.3 Å². The fraction of sp³-hybridized carbons (Fsp3) is 0. The molecule has 0 aliphatic carbocycles. The van der Waals surface area contributed by atoms with E-state index in [0.29, 0.717) is 5.52 Å².